The van der Waals surface area contributed by atoms with E-state index in [9.17, 15) is 4.79 Å². The lowest BCUT2D eigenvalue weighted by Gasteiger charge is -2.10. The highest BCUT2D eigenvalue weighted by molar-refractivity contribution is 6.33. The topological polar surface area (TPSA) is 67.2 Å². The fraction of sp³-hybridized carbons (Fsp3) is 0.412. The molecule has 1 aliphatic rings. The van der Waals surface area contributed by atoms with Crippen LogP contribution in [-0.4, -0.2) is 30.7 Å². The molecule has 5 nitrogen and oxygen atoms in total. The smallest absolute Gasteiger partial charge is 0.257 e. The van der Waals surface area contributed by atoms with Crippen molar-refractivity contribution in [3.8, 4) is 11.3 Å². The minimum absolute atomic E-state index is 0.162. The summed E-state index contributed by atoms with van der Waals surface area (Å²) in [5.74, 6) is 0.978. The van der Waals surface area contributed by atoms with Gasteiger partial charge in [-0.2, -0.15) is 0 Å². The first-order chi connectivity index (χ1) is 11.2. The fourth-order valence-corrected chi connectivity index (χ4v) is 3.14. The highest BCUT2D eigenvalue weighted by Gasteiger charge is 2.23. The molecule has 1 fully saturated rings. The Balaban J connectivity index is 1.73. The summed E-state index contributed by atoms with van der Waals surface area (Å²) in [4.78, 5) is 12.5. The molecule has 0 saturated carbocycles. The first-order valence-corrected chi connectivity index (χ1v) is 8.24. The zero-order valence-electron chi connectivity index (χ0n) is 13.1. The van der Waals surface area contributed by atoms with Crippen LogP contribution in [0.25, 0.3) is 11.3 Å². The van der Waals surface area contributed by atoms with Gasteiger partial charge in [-0.1, -0.05) is 35.0 Å². The van der Waals surface area contributed by atoms with Crippen LogP contribution in [-0.2, 0) is 0 Å². The summed E-state index contributed by atoms with van der Waals surface area (Å²) >= 11 is 6.21. The van der Waals surface area contributed by atoms with E-state index < -0.39 is 0 Å². The number of aryl methyl sites for hydroxylation is 1. The van der Waals surface area contributed by atoms with E-state index in [1.54, 1.807) is 13.0 Å². The van der Waals surface area contributed by atoms with Gasteiger partial charge >= 0.3 is 0 Å². The molecule has 2 N–H and O–H groups in total. The molecule has 0 bridgehead atoms. The standard InChI is InChI=1S/C17H20ClN3O2/c1-11-15(17(22)20-9-7-12-6-8-19-10-12)16(21-23-11)13-4-2-3-5-14(13)18/h2-5,12,19H,6-10H2,1H3,(H,20,22). The summed E-state index contributed by atoms with van der Waals surface area (Å²) in [6.45, 7) is 4.49. The second-order valence-corrected chi connectivity index (χ2v) is 6.25. The van der Waals surface area contributed by atoms with Crippen LogP contribution >= 0.6 is 11.6 Å². The molecule has 1 aliphatic heterocycles. The molecule has 1 amide bonds. The van der Waals surface area contributed by atoms with Crippen LogP contribution in [0.2, 0.25) is 5.02 Å². The lowest BCUT2D eigenvalue weighted by Crippen LogP contribution is -2.27. The van der Waals surface area contributed by atoms with Gasteiger partial charge < -0.3 is 15.2 Å². The lowest BCUT2D eigenvalue weighted by atomic mass is 10.0. The van der Waals surface area contributed by atoms with Crippen molar-refractivity contribution in [2.75, 3.05) is 19.6 Å². The Bertz CT molecular complexity index is 693. The van der Waals surface area contributed by atoms with Crippen LogP contribution in [0.15, 0.2) is 28.8 Å². The van der Waals surface area contributed by atoms with Gasteiger partial charge in [0.25, 0.3) is 5.91 Å². The number of amides is 1. The average Bonchev–Trinajstić information content (AvgIpc) is 3.17. The van der Waals surface area contributed by atoms with Gasteiger partial charge in [0.15, 0.2) is 0 Å². The molecular weight excluding hydrogens is 314 g/mol. The van der Waals surface area contributed by atoms with Crippen molar-refractivity contribution in [2.45, 2.75) is 19.8 Å². The quantitative estimate of drug-likeness (QED) is 0.882. The molecule has 0 aliphatic carbocycles. The normalized spacial score (nSPS) is 17.4. The molecule has 2 heterocycles. The monoisotopic (exact) mass is 333 g/mol. The molecule has 2 aromatic rings. The van der Waals surface area contributed by atoms with E-state index in [2.05, 4.69) is 15.8 Å². The maximum atomic E-state index is 12.5. The highest BCUT2D eigenvalue weighted by atomic mass is 35.5. The van der Waals surface area contributed by atoms with Gasteiger partial charge in [-0.25, -0.2) is 0 Å². The van der Waals surface area contributed by atoms with Crippen molar-refractivity contribution >= 4 is 17.5 Å². The fourth-order valence-electron chi connectivity index (χ4n) is 2.92. The maximum Gasteiger partial charge on any atom is 0.257 e. The summed E-state index contributed by atoms with van der Waals surface area (Å²) in [7, 11) is 0. The molecule has 3 rings (SSSR count). The third-order valence-electron chi connectivity index (χ3n) is 4.22. The minimum atomic E-state index is -0.162. The number of carbonyl (C=O) groups is 1. The van der Waals surface area contributed by atoms with E-state index in [0.29, 0.717) is 40.1 Å². The van der Waals surface area contributed by atoms with Gasteiger partial charge in [0, 0.05) is 12.1 Å². The highest BCUT2D eigenvalue weighted by Crippen LogP contribution is 2.30. The molecule has 1 unspecified atom stereocenters. The number of benzene rings is 1. The molecular formula is C17H20ClN3O2. The van der Waals surface area contributed by atoms with Crippen LogP contribution in [0.3, 0.4) is 0 Å². The van der Waals surface area contributed by atoms with Gasteiger partial charge in [-0.3, -0.25) is 4.79 Å². The first-order valence-electron chi connectivity index (χ1n) is 7.87. The summed E-state index contributed by atoms with van der Waals surface area (Å²) in [6, 6.07) is 7.31. The maximum absolute atomic E-state index is 12.5. The molecule has 122 valence electrons. The average molecular weight is 334 g/mol. The molecule has 0 spiro atoms. The van der Waals surface area contributed by atoms with Crippen molar-refractivity contribution in [1.82, 2.24) is 15.8 Å². The van der Waals surface area contributed by atoms with Crippen LogP contribution < -0.4 is 10.6 Å². The number of halogens is 1. The number of nitrogens with zero attached hydrogens (tertiary/aromatic N) is 1. The van der Waals surface area contributed by atoms with Gasteiger partial charge in [-0.15, -0.1) is 0 Å². The lowest BCUT2D eigenvalue weighted by molar-refractivity contribution is 0.0950. The van der Waals surface area contributed by atoms with Gasteiger partial charge in [0.1, 0.15) is 17.0 Å². The summed E-state index contributed by atoms with van der Waals surface area (Å²) in [5, 5.41) is 10.9. The van der Waals surface area contributed by atoms with Crippen LogP contribution in [0.1, 0.15) is 29.0 Å². The van der Waals surface area contributed by atoms with Crippen molar-refractivity contribution in [3.05, 3.63) is 40.6 Å². The number of aromatic nitrogens is 1. The predicted molar refractivity (Wildman–Crippen MR) is 89.6 cm³/mol. The predicted octanol–water partition coefficient (Wildman–Crippen LogP) is 3.03. The van der Waals surface area contributed by atoms with Crippen LogP contribution in [0, 0.1) is 12.8 Å². The summed E-state index contributed by atoms with van der Waals surface area (Å²) in [6.07, 6.45) is 2.15. The number of hydrogen-bond donors (Lipinski definition) is 2. The number of rotatable bonds is 5. The Morgan fingerprint density at radius 3 is 3.04 bits per heavy atom. The number of nitrogens with one attached hydrogen (secondary N) is 2. The van der Waals surface area contributed by atoms with Crippen LogP contribution in [0.4, 0.5) is 0 Å². The minimum Gasteiger partial charge on any atom is -0.360 e. The first kappa shape index (κ1) is 16.0. The summed E-state index contributed by atoms with van der Waals surface area (Å²) in [5.41, 5.74) is 1.66. The Morgan fingerprint density at radius 1 is 1.48 bits per heavy atom. The van der Waals surface area contributed by atoms with Gasteiger partial charge in [-0.05, 0) is 44.8 Å². The van der Waals surface area contributed by atoms with E-state index in [0.717, 1.165) is 19.5 Å². The number of hydrogen-bond acceptors (Lipinski definition) is 4. The van der Waals surface area contributed by atoms with Crippen molar-refractivity contribution in [2.24, 2.45) is 5.92 Å². The van der Waals surface area contributed by atoms with Gasteiger partial charge in [0.2, 0.25) is 0 Å². The molecule has 1 aromatic carbocycles. The zero-order chi connectivity index (χ0) is 16.2. The Kier molecular flexibility index (Phi) is 4.98. The number of carbonyl (C=O) groups excluding carboxylic acids is 1. The Hall–Kier alpha value is -1.85. The van der Waals surface area contributed by atoms with E-state index in [-0.39, 0.29) is 5.91 Å². The largest absolute Gasteiger partial charge is 0.360 e. The second-order valence-electron chi connectivity index (χ2n) is 5.85. The molecule has 6 heteroatoms. The third kappa shape index (κ3) is 3.57. The van der Waals surface area contributed by atoms with Gasteiger partial charge in [0.05, 0.1) is 5.02 Å². The zero-order valence-corrected chi connectivity index (χ0v) is 13.8. The summed E-state index contributed by atoms with van der Waals surface area (Å²) < 4.78 is 5.23. The molecule has 0 radical (unpaired) electrons. The van der Waals surface area contributed by atoms with E-state index >= 15 is 0 Å². The van der Waals surface area contributed by atoms with E-state index in [4.69, 9.17) is 16.1 Å². The Labute approximate surface area is 140 Å². The molecule has 23 heavy (non-hydrogen) atoms. The van der Waals surface area contributed by atoms with Crippen molar-refractivity contribution in [1.29, 1.82) is 0 Å². The van der Waals surface area contributed by atoms with Crippen molar-refractivity contribution < 1.29 is 9.32 Å². The third-order valence-corrected chi connectivity index (χ3v) is 4.55. The molecule has 1 atom stereocenters. The second kappa shape index (κ2) is 7.15. The van der Waals surface area contributed by atoms with E-state index in [1.165, 1.54) is 6.42 Å². The molecule has 1 aromatic heterocycles. The Morgan fingerprint density at radius 2 is 2.30 bits per heavy atom. The van der Waals surface area contributed by atoms with E-state index in [1.807, 2.05) is 18.2 Å². The van der Waals surface area contributed by atoms with Crippen molar-refractivity contribution in [3.63, 3.8) is 0 Å². The SMILES string of the molecule is Cc1onc(-c2ccccc2Cl)c1C(=O)NCCC1CCNC1. The van der Waals surface area contributed by atoms with Crippen LogP contribution in [0.5, 0.6) is 0 Å². The molecule has 1 saturated heterocycles.